The lowest BCUT2D eigenvalue weighted by Crippen LogP contribution is -2.32. The Bertz CT molecular complexity index is 1510. The van der Waals surface area contributed by atoms with Crippen LogP contribution in [0.25, 0.3) is 0 Å². The lowest BCUT2D eigenvalue weighted by atomic mass is 10.1. The molecule has 0 atom stereocenters. The van der Waals surface area contributed by atoms with Crippen molar-refractivity contribution in [2.24, 2.45) is 5.14 Å². The second-order valence-corrected chi connectivity index (χ2v) is 11.6. The van der Waals surface area contributed by atoms with Gasteiger partial charge in [-0.3, -0.25) is 0 Å². The number of carboxylic acids is 1. The van der Waals surface area contributed by atoms with Gasteiger partial charge in [-0.05, 0) is 60.0 Å². The molecule has 14 heteroatoms. The van der Waals surface area contributed by atoms with E-state index in [2.05, 4.69) is 0 Å². The third-order valence-corrected chi connectivity index (χ3v) is 8.09. The molecule has 0 aliphatic carbocycles. The summed E-state index contributed by atoms with van der Waals surface area (Å²) in [5.41, 5.74) is -0.172. The average Bonchev–Trinajstić information content (AvgIpc) is 2.84. The highest BCUT2D eigenvalue weighted by Crippen LogP contribution is 2.31. The van der Waals surface area contributed by atoms with Gasteiger partial charge in [-0.1, -0.05) is 30.3 Å². The molecule has 0 saturated carbocycles. The molecule has 0 saturated heterocycles. The molecule has 3 aromatic rings. The number of sulfonamides is 2. The van der Waals surface area contributed by atoms with Gasteiger partial charge in [0.15, 0.2) is 6.61 Å². The van der Waals surface area contributed by atoms with Crippen molar-refractivity contribution in [1.82, 2.24) is 4.31 Å². The molecule has 0 bridgehead atoms. The summed E-state index contributed by atoms with van der Waals surface area (Å²) in [7, 11) is -8.37. The highest BCUT2D eigenvalue weighted by atomic mass is 32.2. The molecule has 0 aliphatic heterocycles. The first-order chi connectivity index (χ1) is 17.7. The Hall–Kier alpha value is -3.46. The third-order valence-electron chi connectivity index (χ3n) is 5.32. The molecule has 204 valence electrons. The van der Waals surface area contributed by atoms with Gasteiger partial charge in [-0.2, -0.15) is 17.5 Å². The fourth-order valence-corrected chi connectivity index (χ4v) is 5.44. The van der Waals surface area contributed by atoms with Crippen LogP contribution in [0.2, 0.25) is 0 Å². The number of alkyl halides is 3. The van der Waals surface area contributed by atoms with Gasteiger partial charge in [0, 0.05) is 13.1 Å². The van der Waals surface area contributed by atoms with E-state index in [1.807, 2.05) is 0 Å². The summed E-state index contributed by atoms with van der Waals surface area (Å²) in [6, 6.07) is 14.8. The monoisotopic (exact) mass is 572 g/mol. The molecular weight excluding hydrogens is 549 g/mol. The number of halogens is 3. The zero-order valence-electron chi connectivity index (χ0n) is 19.6. The molecule has 0 radical (unpaired) electrons. The lowest BCUT2D eigenvalue weighted by molar-refractivity contribution is -0.139. The van der Waals surface area contributed by atoms with E-state index >= 15 is 0 Å². The molecule has 3 aromatic carbocycles. The number of nitrogens with zero attached hydrogens (tertiary/aromatic N) is 1. The minimum Gasteiger partial charge on any atom is -0.482 e. The van der Waals surface area contributed by atoms with E-state index in [1.54, 1.807) is 6.07 Å². The fraction of sp³-hybridized carbons (Fsp3) is 0.208. The first-order valence-corrected chi connectivity index (χ1v) is 13.9. The maximum atomic E-state index is 13.5. The minimum absolute atomic E-state index is 0.0955. The fourth-order valence-electron chi connectivity index (χ4n) is 3.45. The van der Waals surface area contributed by atoms with Gasteiger partial charge in [-0.25, -0.2) is 26.8 Å². The maximum Gasteiger partial charge on any atom is 0.416 e. The van der Waals surface area contributed by atoms with Crippen molar-refractivity contribution in [2.45, 2.75) is 28.9 Å². The van der Waals surface area contributed by atoms with Crippen molar-refractivity contribution >= 4 is 26.0 Å². The average molecular weight is 573 g/mol. The van der Waals surface area contributed by atoms with Crippen LogP contribution in [0, 0.1) is 0 Å². The number of carbonyl (C=O) groups is 1. The van der Waals surface area contributed by atoms with E-state index in [9.17, 15) is 34.8 Å². The van der Waals surface area contributed by atoms with Gasteiger partial charge in [-0.15, -0.1) is 0 Å². The number of hydrogen-bond acceptors (Lipinski definition) is 6. The zero-order chi connectivity index (χ0) is 28.1. The van der Waals surface area contributed by atoms with Crippen LogP contribution in [0.4, 0.5) is 13.2 Å². The summed E-state index contributed by atoms with van der Waals surface area (Å²) in [6.07, 6.45) is -4.66. The Labute approximate surface area is 217 Å². The molecule has 0 heterocycles. The topological polar surface area (TPSA) is 144 Å². The number of rotatable bonds is 11. The Morgan fingerprint density at radius 3 is 2.16 bits per heavy atom. The number of aliphatic carboxylic acids is 1. The van der Waals surface area contributed by atoms with Gasteiger partial charge in [0.2, 0.25) is 20.0 Å². The molecule has 3 rings (SSSR count). The van der Waals surface area contributed by atoms with Gasteiger partial charge in [0.05, 0.1) is 15.4 Å². The highest BCUT2D eigenvalue weighted by Gasteiger charge is 2.33. The summed E-state index contributed by atoms with van der Waals surface area (Å²) in [4.78, 5) is 10.1. The molecule has 0 fully saturated rings. The molecule has 3 N–H and O–H groups in total. The van der Waals surface area contributed by atoms with E-state index in [-0.39, 0.29) is 30.2 Å². The summed E-state index contributed by atoms with van der Waals surface area (Å²) < 4.78 is 95.8. The van der Waals surface area contributed by atoms with Crippen molar-refractivity contribution in [3.63, 3.8) is 0 Å². The van der Waals surface area contributed by atoms with Gasteiger partial charge < -0.3 is 9.84 Å². The Morgan fingerprint density at radius 1 is 0.895 bits per heavy atom. The van der Waals surface area contributed by atoms with Crippen LogP contribution in [0.5, 0.6) is 5.75 Å². The quantitative estimate of drug-likeness (QED) is 0.359. The number of benzene rings is 3. The highest BCUT2D eigenvalue weighted by molar-refractivity contribution is 7.89. The Balaban J connectivity index is 1.93. The van der Waals surface area contributed by atoms with Crippen LogP contribution in [-0.2, 0) is 44.0 Å². The van der Waals surface area contributed by atoms with Crippen molar-refractivity contribution in [1.29, 1.82) is 0 Å². The smallest absolute Gasteiger partial charge is 0.416 e. The van der Waals surface area contributed by atoms with E-state index in [0.717, 1.165) is 22.5 Å². The first-order valence-electron chi connectivity index (χ1n) is 10.9. The van der Waals surface area contributed by atoms with E-state index in [0.29, 0.717) is 17.2 Å². The molecule has 0 amide bonds. The summed E-state index contributed by atoms with van der Waals surface area (Å²) in [5, 5.41) is 13.9. The van der Waals surface area contributed by atoms with Crippen molar-refractivity contribution in [2.75, 3.05) is 13.2 Å². The first kappa shape index (κ1) is 29.1. The number of ether oxygens (including phenoxy) is 1. The number of primary sulfonamides is 1. The zero-order valence-corrected chi connectivity index (χ0v) is 21.3. The molecule has 38 heavy (non-hydrogen) atoms. The molecule has 0 aromatic heterocycles. The third kappa shape index (κ3) is 7.77. The maximum absolute atomic E-state index is 13.5. The van der Waals surface area contributed by atoms with Crippen LogP contribution in [0.1, 0.15) is 16.7 Å². The SMILES string of the molecule is NS(=O)(=O)c1ccc(CCN(Cc2cccc(OCC(=O)O)c2)S(=O)(=O)c2cccc(C(F)(F)F)c2)cc1. The largest absolute Gasteiger partial charge is 0.482 e. The predicted octanol–water partition coefficient (Wildman–Crippen LogP) is 3.25. The summed E-state index contributed by atoms with van der Waals surface area (Å²) >= 11 is 0. The molecular formula is C24H23F3N2O7S2. The predicted molar refractivity (Wildman–Crippen MR) is 130 cm³/mol. The summed E-state index contributed by atoms with van der Waals surface area (Å²) in [6.45, 7) is -1.06. The molecule has 0 spiro atoms. The Kier molecular flexibility index (Phi) is 8.82. The van der Waals surface area contributed by atoms with Crippen molar-refractivity contribution in [3.8, 4) is 5.75 Å². The second kappa shape index (κ2) is 11.5. The van der Waals surface area contributed by atoms with Crippen LogP contribution < -0.4 is 9.88 Å². The van der Waals surface area contributed by atoms with E-state index < -0.39 is 49.3 Å². The molecule has 9 nitrogen and oxygen atoms in total. The summed E-state index contributed by atoms with van der Waals surface area (Å²) in [5.74, 6) is -1.04. The van der Waals surface area contributed by atoms with E-state index in [4.69, 9.17) is 15.0 Å². The van der Waals surface area contributed by atoms with Gasteiger partial charge in [0.25, 0.3) is 0 Å². The van der Waals surface area contributed by atoms with Crippen molar-refractivity contribution in [3.05, 3.63) is 89.5 Å². The molecule has 0 aliphatic rings. The van der Waals surface area contributed by atoms with Crippen LogP contribution in [0.15, 0.2) is 82.6 Å². The van der Waals surface area contributed by atoms with Crippen LogP contribution in [0.3, 0.4) is 0 Å². The van der Waals surface area contributed by atoms with E-state index in [1.165, 1.54) is 42.5 Å². The van der Waals surface area contributed by atoms with Crippen LogP contribution in [-0.4, -0.2) is 45.4 Å². The van der Waals surface area contributed by atoms with Gasteiger partial charge >= 0.3 is 12.1 Å². The number of nitrogens with two attached hydrogens (primary N) is 1. The van der Waals surface area contributed by atoms with Crippen molar-refractivity contribution < 1.29 is 44.6 Å². The Morgan fingerprint density at radius 2 is 1.55 bits per heavy atom. The standard InChI is InChI=1S/C24H23F3N2O7S2/c25-24(26,27)19-4-2-6-22(14-19)38(34,35)29(12-11-17-7-9-21(10-8-17)37(28,32)33)15-18-3-1-5-20(13-18)36-16-23(30)31/h1-10,13-14H,11-12,15-16H2,(H,30,31)(H2,28,32,33). The minimum atomic E-state index is -4.75. The normalized spacial score (nSPS) is 12.4. The van der Waals surface area contributed by atoms with Crippen LogP contribution >= 0.6 is 0 Å². The lowest BCUT2D eigenvalue weighted by Gasteiger charge is -2.23. The van der Waals surface area contributed by atoms with Gasteiger partial charge in [0.1, 0.15) is 5.75 Å². The molecule has 0 unspecified atom stereocenters. The number of hydrogen-bond donors (Lipinski definition) is 2. The second-order valence-electron chi connectivity index (χ2n) is 8.13. The number of carboxylic acid groups (broad SMARTS) is 1.